The SMILES string of the molecule is CCCN(C)c1nc(N)nc2c1[nH]c[n+]2C[C@@H](C)OCP(=O)(O)O. The minimum atomic E-state index is -4.19. The molecule has 0 fully saturated rings. The molecule has 24 heavy (non-hydrogen) atoms. The van der Waals surface area contributed by atoms with E-state index in [-0.39, 0.29) is 5.95 Å². The predicted octanol–water partition coefficient (Wildman–Crippen LogP) is 0.214. The molecule has 2 aromatic rings. The first-order chi connectivity index (χ1) is 11.2. The monoisotopic (exact) mass is 359 g/mol. The van der Waals surface area contributed by atoms with Crippen molar-refractivity contribution in [2.75, 3.05) is 30.6 Å². The summed E-state index contributed by atoms with van der Waals surface area (Å²) in [6.07, 6.45) is 1.67. The zero-order chi connectivity index (χ0) is 17.9. The summed E-state index contributed by atoms with van der Waals surface area (Å²) in [5.41, 5.74) is 7.19. The van der Waals surface area contributed by atoms with E-state index in [9.17, 15) is 4.57 Å². The minimum absolute atomic E-state index is 0.164. The Bertz CT molecular complexity index is 745. The molecule has 0 amide bonds. The van der Waals surface area contributed by atoms with E-state index in [0.717, 1.165) is 18.5 Å². The van der Waals surface area contributed by atoms with Crippen molar-refractivity contribution in [3.8, 4) is 0 Å². The highest BCUT2D eigenvalue weighted by Crippen LogP contribution is 2.34. The standard InChI is InChI=1S/C13H23N6O4P/c1-4-5-18(3)11-10-12(17-13(14)16-11)19(7-15-10)6-9(2)23-8-24(20,21)22/h7,9H,4-6,8H2,1-3H3,(H4,14,16,17,20,21,22)/p+1/t9-/m1/s1. The van der Waals surface area contributed by atoms with Crippen molar-refractivity contribution < 1.29 is 23.7 Å². The molecule has 0 spiro atoms. The third kappa shape index (κ3) is 4.64. The number of nitrogens with zero attached hydrogens (tertiary/aromatic N) is 4. The van der Waals surface area contributed by atoms with Gasteiger partial charge in [0.1, 0.15) is 6.35 Å². The molecule has 0 saturated carbocycles. The lowest BCUT2D eigenvalue weighted by Gasteiger charge is -2.16. The van der Waals surface area contributed by atoms with Crippen molar-refractivity contribution in [3.05, 3.63) is 6.33 Å². The summed E-state index contributed by atoms with van der Waals surface area (Å²) in [6, 6.07) is 0. The Morgan fingerprint density at radius 1 is 1.50 bits per heavy atom. The van der Waals surface area contributed by atoms with Crippen LogP contribution in [0.15, 0.2) is 6.33 Å². The molecule has 2 rings (SSSR count). The topological polar surface area (TPSA) is 141 Å². The molecule has 0 unspecified atom stereocenters. The van der Waals surface area contributed by atoms with Gasteiger partial charge in [-0.1, -0.05) is 11.9 Å². The van der Waals surface area contributed by atoms with Crippen LogP contribution < -0.4 is 15.2 Å². The van der Waals surface area contributed by atoms with Gasteiger partial charge in [0.25, 0.3) is 5.95 Å². The second kappa shape index (κ2) is 7.43. The third-order valence-electron chi connectivity index (χ3n) is 3.43. The first-order valence-electron chi connectivity index (χ1n) is 7.62. The second-order valence-electron chi connectivity index (χ2n) is 5.72. The molecule has 0 bridgehead atoms. The van der Waals surface area contributed by atoms with E-state index >= 15 is 0 Å². The van der Waals surface area contributed by atoms with Crippen LogP contribution in [0.3, 0.4) is 0 Å². The van der Waals surface area contributed by atoms with Crippen LogP contribution in [0, 0.1) is 0 Å². The number of aromatic nitrogens is 4. The van der Waals surface area contributed by atoms with E-state index in [1.807, 2.05) is 11.9 Å². The lowest BCUT2D eigenvalue weighted by atomic mass is 10.3. The molecule has 0 aromatic carbocycles. The van der Waals surface area contributed by atoms with Crippen molar-refractivity contribution in [2.45, 2.75) is 32.9 Å². The Morgan fingerprint density at radius 3 is 2.83 bits per heavy atom. The van der Waals surface area contributed by atoms with Gasteiger partial charge in [0.2, 0.25) is 5.52 Å². The number of hydrogen-bond donors (Lipinski definition) is 4. The Morgan fingerprint density at radius 2 is 2.21 bits per heavy atom. The van der Waals surface area contributed by atoms with Crippen LogP contribution in [0.1, 0.15) is 20.3 Å². The number of hydrogen-bond acceptors (Lipinski definition) is 6. The molecule has 2 heterocycles. The van der Waals surface area contributed by atoms with Crippen LogP contribution in [0.5, 0.6) is 0 Å². The van der Waals surface area contributed by atoms with Crippen LogP contribution in [0.4, 0.5) is 11.8 Å². The molecule has 134 valence electrons. The number of H-pyrrole nitrogens is 1. The number of nitrogens with one attached hydrogen (secondary N) is 1. The highest BCUT2D eigenvalue weighted by atomic mass is 31.2. The van der Waals surface area contributed by atoms with Gasteiger partial charge < -0.3 is 25.2 Å². The fourth-order valence-electron chi connectivity index (χ4n) is 2.41. The average Bonchev–Trinajstić information content (AvgIpc) is 2.87. The summed E-state index contributed by atoms with van der Waals surface area (Å²) in [7, 11) is -2.25. The van der Waals surface area contributed by atoms with Crippen LogP contribution in [0.25, 0.3) is 11.2 Å². The van der Waals surface area contributed by atoms with Gasteiger partial charge in [-0.15, -0.1) is 0 Å². The van der Waals surface area contributed by atoms with Crippen molar-refractivity contribution in [1.29, 1.82) is 0 Å². The third-order valence-corrected chi connectivity index (χ3v) is 3.91. The normalized spacial score (nSPS) is 13.4. The van der Waals surface area contributed by atoms with Gasteiger partial charge in [-0.25, -0.2) is 4.57 Å². The first-order valence-corrected chi connectivity index (χ1v) is 9.42. The first kappa shape index (κ1) is 18.6. The van der Waals surface area contributed by atoms with Crippen molar-refractivity contribution in [2.24, 2.45) is 0 Å². The number of nitrogens with two attached hydrogens (primary N) is 1. The van der Waals surface area contributed by atoms with E-state index in [4.69, 9.17) is 20.3 Å². The largest absolute Gasteiger partial charge is 0.363 e. The summed E-state index contributed by atoms with van der Waals surface area (Å²) < 4.78 is 17.9. The molecule has 11 heteroatoms. The summed E-state index contributed by atoms with van der Waals surface area (Å²) in [5.74, 6) is 0.875. The predicted molar refractivity (Wildman–Crippen MR) is 89.5 cm³/mol. The number of nitrogen functional groups attached to an aromatic ring is 1. The molecule has 5 N–H and O–H groups in total. The number of ether oxygens (including phenoxy) is 1. The molecule has 1 atom stereocenters. The van der Waals surface area contributed by atoms with Gasteiger partial charge in [0.05, 0.1) is 12.6 Å². The number of rotatable bonds is 8. The number of imidazole rings is 1. The number of fused-ring (bicyclic) bond motifs is 1. The summed E-state index contributed by atoms with van der Waals surface area (Å²) in [6.45, 7) is 5.00. The Kier molecular flexibility index (Phi) is 5.76. The van der Waals surface area contributed by atoms with E-state index in [1.54, 1.807) is 17.8 Å². The molecule has 2 aromatic heterocycles. The summed E-state index contributed by atoms with van der Waals surface area (Å²) in [5, 5.41) is 0. The van der Waals surface area contributed by atoms with Crippen molar-refractivity contribution in [3.63, 3.8) is 0 Å². The zero-order valence-corrected chi connectivity index (χ0v) is 14.9. The molecule has 10 nitrogen and oxygen atoms in total. The Hall–Kier alpha value is -1.74. The number of anilines is 2. The average molecular weight is 359 g/mol. The molecule has 0 radical (unpaired) electrons. The maximum atomic E-state index is 10.9. The zero-order valence-electron chi connectivity index (χ0n) is 14.0. The fraction of sp³-hybridized carbons (Fsp3) is 0.615. The van der Waals surface area contributed by atoms with Gasteiger partial charge in [-0.3, -0.25) is 9.55 Å². The van der Waals surface area contributed by atoms with Gasteiger partial charge in [-0.2, -0.15) is 4.98 Å². The highest BCUT2D eigenvalue weighted by molar-refractivity contribution is 7.51. The molecule has 0 saturated heterocycles. The Balaban J connectivity index is 2.25. The van der Waals surface area contributed by atoms with Gasteiger partial charge in [0, 0.05) is 13.6 Å². The molecular formula is C13H24N6O4P+. The lowest BCUT2D eigenvalue weighted by Crippen LogP contribution is -2.39. The molecule has 0 aliphatic carbocycles. The maximum Gasteiger partial charge on any atom is 0.350 e. The van der Waals surface area contributed by atoms with Crippen LogP contribution >= 0.6 is 7.60 Å². The summed E-state index contributed by atoms with van der Waals surface area (Å²) in [4.78, 5) is 31.4. The molecular weight excluding hydrogens is 335 g/mol. The molecule has 0 aliphatic rings. The maximum absolute atomic E-state index is 10.9. The van der Waals surface area contributed by atoms with E-state index in [2.05, 4.69) is 21.9 Å². The minimum Gasteiger partial charge on any atom is -0.363 e. The van der Waals surface area contributed by atoms with Crippen LogP contribution in [-0.4, -0.2) is 50.8 Å². The van der Waals surface area contributed by atoms with Gasteiger partial charge in [0.15, 0.2) is 12.1 Å². The number of aromatic amines is 1. The Labute approximate surface area is 139 Å². The summed E-state index contributed by atoms with van der Waals surface area (Å²) >= 11 is 0. The van der Waals surface area contributed by atoms with E-state index < -0.39 is 20.0 Å². The lowest BCUT2D eigenvalue weighted by molar-refractivity contribution is -0.679. The van der Waals surface area contributed by atoms with E-state index in [1.165, 1.54) is 0 Å². The fourth-order valence-corrected chi connectivity index (χ4v) is 2.85. The van der Waals surface area contributed by atoms with Crippen molar-refractivity contribution in [1.82, 2.24) is 15.0 Å². The quantitative estimate of drug-likeness (QED) is 0.387. The van der Waals surface area contributed by atoms with Gasteiger partial charge in [-0.05, 0) is 13.3 Å². The van der Waals surface area contributed by atoms with Crippen molar-refractivity contribution >= 4 is 30.5 Å². The van der Waals surface area contributed by atoms with Gasteiger partial charge >= 0.3 is 13.2 Å². The smallest absolute Gasteiger partial charge is 0.350 e. The molecule has 0 aliphatic heterocycles. The van der Waals surface area contributed by atoms with E-state index in [0.29, 0.717) is 18.0 Å². The van der Waals surface area contributed by atoms with Crippen LogP contribution in [-0.2, 0) is 15.8 Å². The van der Waals surface area contributed by atoms with Crippen LogP contribution in [0.2, 0.25) is 0 Å². The highest BCUT2D eigenvalue weighted by Gasteiger charge is 2.23. The second-order valence-corrected chi connectivity index (χ2v) is 7.31.